The molecule has 2 N–H and O–H groups in total. The first-order valence-electron chi connectivity index (χ1n) is 19.3. The van der Waals surface area contributed by atoms with E-state index >= 15 is 0 Å². The summed E-state index contributed by atoms with van der Waals surface area (Å²) in [5, 5.41) is 2.35. The molecule has 10 rings (SSSR count). The van der Waals surface area contributed by atoms with E-state index in [0.29, 0.717) is 18.3 Å². The van der Waals surface area contributed by atoms with Gasteiger partial charge in [0.05, 0.1) is 32.8 Å². The number of carbonyl (C=O) groups is 2. The van der Waals surface area contributed by atoms with Crippen LogP contribution in [0.4, 0.5) is 0 Å². The van der Waals surface area contributed by atoms with Crippen LogP contribution in [0.1, 0.15) is 73.5 Å². The number of nitrogens with one attached hydrogen (secondary N) is 2. The van der Waals surface area contributed by atoms with Crippen molar-refractivity contribution in [2.75, 3.05) is 48.0 Å². The summed E-state index contributed by atoms with van der Waals surface area (Å²) in [6, 6.07) is 13.0. The maximum Gasteiger partial charge on any atom is 0.319 e. The predicted octanol–water partition coefficient (Wildman–Crippen LogP) is 6.49. The number of rotatable bonds is 5. The van der Waals surface area contributed by atoms with E-state index in [1.165, 1.54) is 41.3 Å². The molecule has 0 amide bonds. The molecule has 6 aliphatic rings. The van der Waals surface area contributed by atoms with Crippen LogP contribution in [-0.4, -0.2) is 91.8 Å². The number of hydrogen-bond acceptors (Lipinski definition) is 7. The number of aromatic amines is 2. The van der Waals surface area contributed by atoms with Gasteiger partial charge in [-0.25, -0.2) is 0 Å². The molecular formula is C43H52N4O5. The predicted molar refractivity (Wildman–Crippen MR) is 202 cm³/mol. The van der Waals surface area contributed by atoms with Crippen molar-refractivity contribution < 1.29 is 23.8 Å². The molecule has 274 valence electrons. The Morgan fingerprint density at radius 3 is 2.60 bits per heavy atom. The minimum Gasteiger partial charge on any atom is -0.496 e. The number of H-pyrrole nitrogens is 2. The number of piperidine rings is 3. The van der Waals surface area contributed by atoms with Crippen molar-refractivity contribution in [2.45, 2.75) is 75.8 Å². The van der Waals surface area contributed by atoms with Gasteiger partial charge in [-0.1, -0.05) is 43.2 Å². The van der Waals surface area contributed by atoms with Crippen LogP contribution in [0.15, 0.2) is 48.0 Å². The first-order chi connectivity index (χ1) is 25.3. The van der Waals surface area contributed by atoms with Crippen molar-refractivity contribution in [3.63, 3.8) is 0 Å². The molecule has 4 fully saturated rings. The molecule has 6 bridgehead atoms. The number of esters is 2. The zero-order chi connectivity index (χ0) is 36.1. The van der Waals surface area contributed by atoms with Gasteiger partial charge in [0.1, 0.15) is 11.2 Å². The van der Waals surface area contributed by atoms with Crippen LogP contribution in [0.5, 0.6) is 5.75 Å². The third kappa shape index (κ3) is 4.60. The standard InChI is InChI=1S/C43H52N4O5/c1-7-24-17-23-20-43(42(49)52-6)39-28(15-16-47(21-23)40(24)43)27-13-14-34(50-4)36(38(27)45-39)31-18-29-25(8-2)22-46(3)33(35(29)41(48)51-5)19-30-26-11-9-10-12-32(26)44-37(30)31/h8-14,23-24,29,31,33,35,40,44-45H,7,15-22H2,1-6H3/b25-8+/t23?,24?,29?,31-,33?,35?,40?,43?/m0/s1. The number of hydrogen-bond donors (Lipinski definition) is 2. The summed E-state index contributed by atoms with van der Waals surface area (Å²) < 4.78 is 17.7. The number of nitrogens with zero attached hydrogens (tertiary/aromatic N) is 2. The van der Waals surface area contributed by atoms with Crippen LogP contribution in [0, 0.1) is 23.7 Å². The number of allylic oxidation sites excluding steroid dienone is 1. The van der Waals surface area contributed by atoms with Crippen LogP contribution in [0.2, 0.25) is 0 Å². The Balaban J connectivity index is 1.32. The lowest BCUT2D eigenvalue weighted by atomic mass is 9.56. The second-order valence-corrected chi connectivity index (χ2v) is 16.3. The molecule has 3 saturated heterocycles. The molecule has 9 nitrogen and oxygen atoms in total. The molecule has 2 aliphatic carbocycles. The van der Waals surface area contributed by atoms with Gasteiger partial charge in [-0.2, -0.15) is 0 Å². The Labute approximate surface area is 306 Å². The van der Waals surface area contributed by atoms with E-state index in [2.05, 4.69) is 83.1 Å². The first kappa shape index (κ1) is 33.7. The van der Waals surface area contributed by atoms with Crippen LogP contribution in [-0.2, 0) is 37.3 Å². The van der Waals surface area contributed by atoms with E-state index in [1.807, 2.05) is 0 Å². The maximum atomic E-state index is 14.4. The highest BCUT2D eigenvalue weighted by atomic mass is 16.5. The first-order valence-corrected chi connectivity index (χ1v) is 19.3. The molecule has 52 heavy (non-hydrogen) atoms. The van der Waals surface area contributed by atoms with Crippen LogP contribution >= 0.6 is 0 Å². The van der Waals surface area contributed by atoms with Crippen molar-refractivity contribution in [1.82, 2.24) is 19.8 Å². The Hall–Kier alpha value is -4.08. The molecule has 8 unspecified atom stereocenters. The Kier molecular flexibility index (Phi) is 8.12. The van der Waals surface area contributed by atoms with Gasteiger partial charge in [-0.15, -0.1) is 0 Å². The quantitative estimate of drug-likeness (QED) is 0.181. The van der Waals surface area contributed by atoms with Crippen LogP contribution in [0.3, 0.4) is 0 Å². The number of aromatic nitrogens is 2. The lowest BCUT2D eigenvalue weighted by molar-refractivity contribution is -0.162. The third-order valence-corrected chi connectivity index (χ3v) is 14.2. The monoisotopic (exact) mass is 704 g/mol. The molecule has 1 saturated carbocycles. The lowest BCUT2D eigenvalue weighted by Gasteiger charge is -2.57. The number of benzene rings is 2. The van der Waals surface area contributed by atoms with E-state index < -0.39 is 5.41 Å². The van der Waals surface area contributed by atoms with Crippen molar-refractivity contribution in [2.24, 2.45) is 23.7 Å². The smallest absolute Gasteiger partial charge is 0.319 e. The van der Waals surface area contributed by atoms with Crippen molar-refractivity contribution in [3.8, 4) is 5.75 Å². The summed E-state index contributed by atoms with van der Waals surface area (Å²) >= 11 is 0. The van der Waals surface area contributed by atoms with Crippen molar-refractivity contribution in [3.05, 3.63) is 76.1 Å². The Bertz CT molecular complexity index is 2110. The molecule has 6 heterocycles. The largest absolute Gasteiger partial charge is 0.496 e. The number of likely N-dealkylation sites (N-methyl/N-ethyl adjacent to an activating group) is 1. The summed E-state index contributed by atoms with van der Waals surface area (Å²) in [5.74, 6) is 0.960. The molecule has 4 aromatic rings. The number of para-hydroxylation sites is 1. The van der Waals surface area contributed by atoms with E-state index in [-0.39, 0.29) is 41.8 Å². The zero-order valence-corrected chi connectivity index (χ0v) is 31.4. The zero-order valence-electron chi connectivity index (χ0n) is 31.4. The molecule has 4 aliphatic heterocycles. The highest BCUT2D eigenvalue weighted by Crippen LogP contribution is 2.57. The fourth-order valence-corrected chi connectivity index (χ4v) is 12.1. The van der Waals surface area contributed by atoms with E-state index in [1.54, 1.807) is 14.2 Å². The molecule has 9 atom stereocenters. The number of ether oxygens (including phenoxy) is 3. The number of fused-ring (bicyclic) bond motifs is 9. The molecule has 9 heteroatoms. The van der Waals surface area contributed by atoms with Gasteiger partial charge in [0.25, 0.3) is 0 Å². The van der Waals surface area contributed by atoms with Gasteiger partial charge in [-0.05, 0) is 93.2 Å². The molecule has 2 aromatic carbocycles. The van der Waals surface area contributed by atoms with Crippen molar-refractivity contribution in [1.29, 1.82) is 0 Å². The van der Waals surface area contributed by atoms with Gasteiger partial charge < -0.3 is 24.2 Å². The lowest BCUT2D eigenvalue weighted by Crippen LogP contribution is -2.67. The molecular weight excluding hydrogens is 652 g/mol. The summed E-state index contributed by atoms with van der Waals surface area (Å²) in [4.78, 5) is 41.2. The molecule has 0 spiro atoms. The topological polar surface area (TPSA) is 99.9 Å². The van der Waals surface area contributed by atoms with Gasteiger partial charge in [0.15, 0.2) is 0 Å². The van der Waals surface area contributed by atoms with Crippen molar-refractivity contribution >= 4 is 33.7 Å². The van der Waals surface area contributed by atoms with Gasteiger partial charge in [0, 0.05) is 70.9 Å². The normalized spacial score (nSPS) is 33.2. The highest BCUT2D eigenvalue weighted by molar-refractivity contribution is 5.95. The van der Waals surface area contributed by atoms with Crippen LogP contribution < -0.4 is 4.74 Å². The number of methoxy groups -OCH3 is 3. The Morgan fingerprint density at radius 1 is 1.02 bits per heavy atom. The SMILES string of the molecule is C/C=C1\CN(C)C2Cc3c([nH]c4ccccc34)[C@H](c3c(OC)ccc4c5c([nH]c34)C3(C(=O)OC)CC4CC(CC)C3N(CC5)C4)CC1C2C(=O)OC. The Morgan fingerprint density at radius 2 is 1.85 bits per heavy atom. The fourth-order valence-electron chi connectivity index (χ4n) is 12.1. The third-order valence-electron chi connectivity index (χ3n) is 14.2. The highest BCUT2D eigenvalue weighted by Gasteiger charge is 2.63. The number of likely N-dealkylation sites (tertiary alicyclic amines) is 1. The average Bonchev–Trinajstić information content (AvgIpc) is 3.70. The number of carbonyl (C=O) groups excluding carboxylic acids is 2. The van der Waals surface area contributed by atoms with E-state index in [9.17, 15) is 9.59 Å². The van der Waals surface area contributed by atoms with E-state index in [4.69, 9.17) is 14.2 Å². The molecule has 2 aromatic heterocycles. The summed E-state index contributed by atoms with van der Waals surface area (Å²) in [5.41, 5.74) is 8.43. The summed E-state index contributed by atoms with van der Waals surface area (Å²) in [7, 11) is 6.98. The second-order valence-electron chi connectivity index (χ2n) is 16.3. The van der Waals surface area contributed by atoms with Crippen LogP contribution in [0.25, 0.3) is 21.8 Å². The minimum atomic E-state index is -0.756. The molecule has 0 radical (unpaired) electrons. The van der Waals surface area contributed by atoms with Gasteiger partial charge >= 0.3 is 11.9 Å². The maximum absolute atomic E-state index is 14.4. The minimum absolute atomic E-state index is 0.00427. The second kappa shape index (κ2) is 12.5. The van der Waals surface area contributed by atoms with Gasteiger partial charge in [0.2, 0.25) is 0 Å². The summed E-state index contributed by atoms with van der Waals surface area (Å²) in [6.07, 6.45) is 7.53. The van der Waals surface area contributed by atoms with E-state index in [0.717, 1.165) is 78.7 Å². The fraction of sp³-hybridized carbons (Fsp3) is 0.535. The van der Waals surface area contributed by atoms with Gasteiger partial charge in [-0.3, -0.25) is 19.4 Å². The summed E-state index contributed by atoms with van der Waals surface area (Å²) in [6.45, 7) is 7.16. The average molecular weight is 705 g/mol.